The Hall–Kier alpha value is -2.34. The Bertz CT molecular complexity index is 624. The number of carbonyl (C=O) groups excluding carboxylic acids is 1. The fourth-order valence-electron chi connectivity index (χ4n) is 3.00. The summed E-state index contributed by atoms with van der Waals surface area (Å²) in [6, 6.07) is 12.0. The highest BCUT2D eigenvalue weighted by Gasteiger charge is 2.24. The molecule has 1 aromatic heterocycles. The van der Waals surface area contributed by atoms with Crippen molar-refractivity contribution in [3.63, 3.8) is 0 Å². The highest BCUT2D eigenvalue weighted by atomic mass is 16.5. The van der Waals surface area contributed by atoms with Gasteiger partial charge in [-0.2, -0.15) is 5.10 Å². The van der Waals surface area contributed by atoms with E-state index in [1.165, 1.54) is 0 Å². The molecule has 1 aliphatic heterocycles. The third-order valence-corrected chi connectivity index (χ3v) is 4.49. The van der Waals surface area contributed by atoms with Crippen molar-refractivity contribution >= 4 is 6.03 Å². The quantitative estimate of drug-likeness (QED) is 0.917. The van der Waals surface area contributed by atoms with Crippen LogP contribution in [0.25, 0.3) is 0 Å². The standard InChI is InChI=1S/C18H24N4O2/c1-21(16-8-12-24-13-9-16)18(23)20-17(14-22-11-5-10-19-22)15-6-3-2-4-7-15/h2-7,10-11,16-17H,8-9,12-14H2,1H3,(H,20,23). The third kappa shape index (κ3) is 4.14. The van der Waals surface area contributed by atoms with Gasteiger partial charge in [0, 0.05) is 38.7 Å². The van der Waals surface area contributed by atoms with Gasteiger partial charge in [0.25, 0.3) is 0 Å². The number of nitrogens with one attached hydrogen (secondary N) is 1. The van der Waals surface area contributed by atoms with Crippen LogP contribution in [0.15, 0.2) is 48.8 Å². The zero-order valence-corrected chi connectivity index (χ0v) is 14.0. The van der Waals surface area contributed by atoms with Gasteiger partial charge in [-0.25, -0.2) is 4.79 Å². The lowest BCUT2D eigenvalue weighted by molar-refractivity contribution is 0.0521. The van der Waals surface area contributed by atoms with Crippen LogP contribution in [0.1, 0.15) is 24.4 Å². The molecule has 2 amide bonds. The first-order valence-corrected chi connectivity index (χ1v) is 8.37. The van der Waals surface area contributed by atoms with E-state index in [9.17, 15) is 4.79 Å². The van der Waals surface area contributed by atoms with Gasteiger partial charge in [0.1, 0.15) is 0 Å². The summed E-state index contributed by atoms with van der Waals surface area (Å²) in [4.78, 5) is 14.5. The van der Waals surface area contributed by atoms with Crippen LogP contribution in [-0.4, -0.2) is 47.0 Å². The normalized spacial score (nSPS) is 16.5. The van der Waals surface area contributed by atoms with Gasteiger partial charge >= 0.3 is 6.03 Å². The van der Waals surface area contributed by atoms with Crippen LogP contribution in [0.4, 0.5) is 4.79 Å². The number of nitrogens with zero attached hydrogens (tertiary/aromatic N) is 3. The molecule has 6 heteroatoms. The number of benzene rings is 1. The summed E-state index contributed by atoms with van der Waals surface area (Å²) in [5.41, 5.74) is 1.07. The van der Waals surface area contributed by atoms with E-state index in [0.29, 0.717) is 6.54 Å². The average Bonchev–Trinajstić information content (AvgIpc) is 3.15. The van der Waals surface area contributed by atoms with E-state index in [2.05, 4.69) is 10.4 Å². The van der Waals surface area contributed by atoms with Gasteiger partial charge in [-0.05, 0) is 24.5 Å². The van der Waals surface area contributed by atoms with E-state index in [1.54, 1.807) is 6.20 Å². The summed E-state index contributed by atoms with van der Waals surface area (Å²) in [6.45, 7) is 2.04. The van der Waals surface area contributed by atoms with Gasteiger partial charge in [0.2, 0.25) is 0 Å². The number of urea groups is 1. The first kappa shape index (κ1) is 16.5. The first-order chi connectivity index (χ1) is 11.7. The van der Waals surface area contributed by atoms with Crippen molar-refractivity contribution in [2.45, 2.75) is 31.5 Å². The number of ether oxygens (including phenoxy) is 1. The molecule has 1 fully saturated rings. The molecular formula is C18H24N4O2. The molecule has 0 saturated carbocycles. The Morgan fingerprint density at radius 2 is 2.08 bits per heavy atom. The number of rotatable bonds is 5. The van der Waals surface area contributed by atoms with Crippen molar-refractivity contribution in [3.8, 4) is 0 Å². The minimum absolute atomic E-state index is 0.0529. The topological polar surface area (TPSA) is 59.4 Å². The molecule has 1 saturated heterocycles. The summed E-state index contributed by atoms with van der Waals surface area (Å²) < 4.78 is 7.22. The molecular weight excluding hydrogens is 304 g/mol. The van der Waals surface area contributed by atoms with Gasteiger partial charge in [0.05, 0.1) is 12.6 Å². The Balaban J connectivity index is 1.69. The summed E-state index contributed by atoms with van der Waals surface area (Å²) >= 11 is 0. The van der Waals surface area contributed by atoms with Gasteiger partial charge in [0.15, 0.2) is 0 Å². The summed E-state index contributed by atoms with van der Waals surface area (Å²) in [5, 5.41) is 7.41. The van der Waals surface area contributed by atoms with E-state index in [-0.39, 0.29) is 18.1 Å². The van der Waals surface area contributed by atoms with E-state index in [0.717, 1.165) is 31.6 Å². The van der Waals surface area contributed by atoms with Gasteiger partial charge in [-0.15, -0.1) is 0 Å². The third-order valence-electron chi connectivity index (χ3n) is 4.49. The summed E-state index contributed by atoms with van der Waals surface area (Å²) in [7, 11) is 1.86. The van der Waals surface area contributed by atoms with Crippen molar-refractivity contribution in [1.82, 2.24) is 20.0 Å². The lowest BCUT2D eigenvalue weighted by atomic mass is 10.1. The highest BCUT2D eigenvalue weighted by molar-refractivity contribution is 5.74. The number of aromatic nitrogens is 2. The second kappa shape index (κ2) is 7.97. The molecule has 0 spiro atoms. The van der Waals surface area contributed by atoms with Crippen molar-refractivity contribution in [3.05, 3.63) is 54.4 Å². The SMILES string of the molecule is CN(C(=O)NC(Cn1cccn1)c1ccccc1)C1CCOCC1. The first-order valence-electron chi connectivity index (χ1n) is 8.37. The molecule has 1 aliphatic rings. The van der Waals surface area contributed by atoms with Crippen LogP contribution in [0.5, 0.6) is 0 Å². The lowest BCUT2D eigenvalue weighted by Gasteiger charge is -2.32. The molecule has 6 nitrogen and oxygen atoms in total. The Labute approximate surface area is 142 Å². The second-order valence-electron chi connectivity index (χ2n) is 6.10. The number of carbonyl (C=O) groups is 1. The van der Waals surface area contributed by atoms with E-state index < -0.39 is 0 Å². The Morgan fingerprint density at radius 1 is 1.33 bits per heavy atom. The smallest absolute Gasteiger partial charge is 0.317 e. The largest absolute Gasteiger partial charge is 0.381 e. The fourth-order valence-corrected chi connectivity index (χ4v) is 3.00. The molecule has 1 atom stereocenters. The predicted octanol–water partition coefficient (Wildman–Crippen LogP) is 2.44. The van der Waals surface area contributed by atoms with Crippen LogP contribution in [0, 0.1) is 0 Å². The maximum Gasteiger partial charge on any atom is 0.317 e. The Morgan fingerprint density at radius 3 is 2.75 bits per heavy atom. The second-order valence-corrected chi connectivity index (χ2v) is 6.10. The molecule has 2 aromatic rings. The van der Waals surface area contributed by atoms with Crippen LogP contribution < -0.4 is 5.32 Å². The van der Waals surface area contributed by atoms with Gasteiger partial charge in [-0.3, -0.25) is 4.68 Å². The molecule has 24 heavy (non-hydrogen) atoms. The number of amides is 2. The summed E-state index contributed by atoms with van der Waals surface area (Å²) in [6.07, 6.45) is 5.43. The Kier molecular flexibility index (Phi) is 5.48. The van der Waals surface area contributed by atoms with Crippen molar-refractivity contribution in [2.75, 3.05) is 20.3 Å². The van der Waals surface area contributed by atoms with E-state index >= 15 is 0 Å². The zero-order valence-electron chi connectivity index (χ0n) is 14.0. The molecule has 1 unspecified atom stereocenters. The predicted molar refractivity (Wildman–Crippen MR) is 91.5 cm³/mol. The number of hydrogen-bond donors (Lipinski definition) is 1. The number of hydrogen-bond acceptors (Lipinski definition) is 3. The van der Waals surface area contributed by atoms with Crippen LogP contribution >= 0.6 is 0 Å². The van der Waals surface area contributed by atoms with E-state index in [1.807, 2.05) is 59.2 Å². The van der Waals surface area contributed by atoms with Crippen molar-refractivity contribution in [2.24, 2.45) is 0 Å². The highest BCUT2D eigenvalue weighted by Crippen LogP contribution is 2.17. The molecule has 2 heterocycles. The van der Waals surface area contributed by atoms with Crippen molar-refractivity contribution < 1.29 is 9.53 Å². The maximum absolute atomic E-state index is 12.7. The molecule has 0 radical (unpaired) electrons. The maximum atomic E-state index is 12.7. The van der Waals surface area contributed by atoms with Crippen LogP contribution in [0.3, 0.4) is 0 Å². The molecule has 0 aliphatic carbocycles. The van der Waals surface area contributed by atoms with Crippen LogP contribution in [0.2, 0.25) is 0 Å². The van der Waals surface area contributed by atoms with Crippen LogP contribution in [-0.2, 0) is 11.3 Å². The molecule has 1 aromatic carbocycles. The molecule has 0 bridgehead atoms. The molecule has 1 N–H and O–H groups in total. The fraction of sp³-hybridized carbons (Fsp3) is 0.444. The van der Waals surface area contributed by atoms with Gasteiger partial charge in [-0.1, -0.05) is 30.3 Å². The van der Waals surface area contributed by atoms with Gasteiger partial charge < -0.3 is 15.0 Å². The monoisotopic (exact) mass is 328 g/mol. The minimum Gasteiger partial charge on any atom is -0.381 e. The minimum atomic E-state index is -0.124. The lowest BCUT2D eigenvalue weighted by Crippen LogP contribution is -2.47. The molecule has 128 valence electrons. The summed E-state index contributed by atoms with van der Waals surface area (Å²) in [5.74, 6) is 0. The zero-order chi connectivity index (χ0) is 16.8. The van der Waals surface area contributed by atoms with Crippen molar-refractivity contribution in [1.29, 1.82) is 0 Å². The molecule has 3 rings (SSSR count). The average molecular weight is 328 g/mol. The van der Waals surface area contributed by atoms with E-state index in [4.69, 9.17) is 4.74 Å².